The molecule has 0 spiro atoms. The number of anilines is 1. The molecule has 1 atom stereocenters. The van der Waals surface area contributed by atoms with E-state index in [2.05, 4.69) is 56.5 Å². The number of rotatable bonds is 8. The van der Waals surface area contributed by atoms with Gasteiger partial charge in [0.2, 0.25) is 0 Å². The second-order valence-corrected chi connectivity index (χ2v) is 8.40. The fraction of sp³-hybridized carbons (Fsp3) is 0.400. The van der Waals surface area contributed by atoms with Gasteiger partial charge in [0.15, 0.2) is 5.82 Å². The van der Waals surface area contributed by atoms with Crippen LogP contribution >= 0.6 is 0 Å². The van der Waals surface area contributed by atoms with Crippen LogP contribution in [0.2, 0.25) is 0 Å². The van der Waals surface area contributed by atoms with Gasteiger partial charge in [-0.05, 0) is 41.1 Å². The predicted molar refractivity (Wildman–Crippen MR) is 128 cm³/mol. The number of piperazine rings is 1. The van der Waals surface area contributed by atoms with Gasteiger partial charge in [-0.3, -0.25) is 4.90 Å². The maximum absolute atomic E-state index is 6.33. The Bertz CT molecular complexity index is 1160. The van der Waals surface area contributed by atoms with E-state index in [1.165, 1.54) is 0 Å². The van der Waals surface area contributed by atoms with Crippen molar-refractivity contribution in [3.8, 4) is 5.75 Å². The average Bonchev–Trinajstić information content (AvgIpc) is 3.50. The van der Waals surface area contributed by atoms with Crippen LogP contribution in [0.25, 0.3) is 11.0 Å². The van der Waals surface area contributed by atoms with Crippen LogP contribution < -0.4 is 9.64 Å². The molecule has 4 aromatic rings. The number of hydrogen-bond donors (Lipinski definition) is 0. The number of nitrogens with zero attached hydrogens (tertiary/aromatic N) is 6. The van der Waals surface area contributed by atoms with Crippen molar-refractivity contribution in [1.29, 1.82) is 0 Å². The molecule has 0 aliphatic carbocycles. The van der Waals surface area contributed by atoms with E-state index in [1.807, 2.05) is 35.0 Å². The maximum Gasteiger partial charge on any atom is 0.176 e. The lowest BCUT2D eigenvalue weighted by atomic mass is 10.1. The Balaban J connectivity index is 1.45. The Hall–Kier alpha value is -3.39. The zero-order valence-electron chi connectivity index (χ0n) is 19.2. The third-order valence-corrected chi connectivity index (χ3v) is 6.35. The van der Waals surface area contributed by atoms with Gasteiger partial charge < -0.3 is 14.1 Å². The Labute approximate surface area is 193 Å². The van der Waals surface area contributed by atoms with Crippen LogP contribution in [0.3, 0.4) is 0 Å². The number of aryl methyl sites for hydroxylation is 1. The molecule has 0 amide bonds. The summed E-state index contributed by atoms with van der Waals surface area (Å²) in [5.74, 6) is 2.63. The van der Waals surface area contributed by atoms with Crippen LogP contribution in [0.1, 0.15) is 37.4 Å². The number of ether oxygens (including phenoxy) is 1. The number of furan rings is 1. The lowest BCUT2D eigenvalue weighted by Crippen LogP contribution is -2.48. The fourth-order valence-electron chi connectivity index (χ4n) is 4.59. The molecule has 1 aliphatic heterocycles. The smallest absolute Gasteiger partial charge is 0.176 e. The van der Waals surface area contributed by atoms with Gasteiger partial charge in [-0.25, -0.2) is 4.68 Å². The summed E-state index contributed by atoms with van der Waals surface area (Å²) in [6, 6.07) is 18.3. The molecule has 0 radical (unpaired) electrons. The van der Waals surface area contributed by atoms with E-state index >= 15 is 0 Å². The molecule has 0 bridgehead atoms. The van der Waals surface area contributed by atoms with Gasteiger partial charge in [0.1, 0.15) is 23.1 Å². The SMILES string of the molecule is CCCCn1nnnc1C(c1cc2ccccc2o1)N1CCN(c2ccccc2OC)CC1. The third kappa shape index (κ3) is 4.30. The lowest BCUT2D eigenvalue weighted by Gasteiger charge is -2.39. The van der Waals surface area contributed by atoms with E-state index in [1.54, 1.807) is 7.11 Å². The molecule has 3 heterocycles. The van der Waals surface area contributed by atoms with Crippen molar-refractivity contribution < 1.29 is 9.15 Å². The first kappa shape index (κ1) is 21.5. The van der Waals surface area contributed by atoms with Crippen LogP contribution in [0, 0.1) is 0 Å². The fourth-order valence-corrected chi connectivity index (χ4v) is 4.59. The standard InChI is InChI=1S/C25H30N6O2/c1-3-4-13-31-25(26-27-28-31)24(23-18-19-9-5-7-11-21(19)33-23)30-16-14-29(15-17-30)20-10-6-8-12-22(20)32-2/h5-12,18,24H,3-4,13-17H2,1-2H3. The highest BCUT2D eigenvalue weighted by atomic mass is 16.5. The molecule has 2 aromatic carbocycles. The highest BCUT2D eigenvalue weighted by Gasteiger charge is 2.33. The van der Waals surface area contributed by atoms with Crippen LogP contribution in [0.15, 0.2) is 59.0 Å². The highest BCUT2D eigenvalue weighted by molar-refractivity contribution is 5.77. The molecule has 1 fully saturated rings. The number of methoxy groups -OCH3 is 1. The lowest BCUT2D eigenvalue weighted by molar-refractivity contribution is 0.182. The third-order valence-electron chi connectivity index (χ3n) is 6.35. The van der Waals surface area contributed by atoms with E-state index in [0.29, 0.717) is 0 Å². The van der Waals surface area contributed by atoms with Gasteiger partial charge in [-0.1, -0.05) is 43.7 Å². The number of fused-ring (bicyclic) bond motifs is 1. The van der Waals surface area contributed by atoms with Gasteiger partial charge in [-0.15, -0.1) is 5.10 Å². The molecule has 33 heavy (non-hydrogen) atoms. The van der Waals surface area contributed by atoms with Crippen molar-refractivity contribution in [3.63, 3.8) is 0 Å². The van der Waals surface area contributed by atoms with Gasteiger partial charge in [0.25, 0.3) is 0 Å². The van der Waals surface area contributed by atoms with E-state index in [0.717, 1.165) is 79.6 Å². The number of aromatic nitrogens is 4. The maximum atomic E-state index is 6.33. The molecule has 8 heteroatoms. The number of hydrogen-bond acceptors (Lipinski definition) is 7. The Morgan fingerprint density at radius 2 is 1.82 bits per heavy atom. The molecule has 5 rings (SSSR count). The molecule has 172 valence electrons. The molecule has 0 saturated carbocycles. The zero-order chi connectivity index (χ0) is 22.6. The summed E-state index contributed by atoms with van der Waals surface area (Å²) in [5, 5.41) is 13.9. The first-order chi connectivity index (χ1) is 16.3. The van der Waals surface area contributed by atoms with Crippen molar-refractivity contribution in [1.82, 2.24) is 25.1 Å². The van der Waals surface area contributed by atoms with Gasteiger partial charge in [-0.2, -0.15) is 0 Å². The van der Waals surface area contributed by atoms with Crippen molar-refractivity contribution in [2.45, 2.75) is 32.4 Å². The van der Waals surface area contributed by atoms with Crippen molar-refractivity contribution in [3.05, 3.63) is 66.2 Å². The van der Waals surface area contributed by atoms with E-state index in [9.17, 15) is 0 Å². The normalized spacial score (nSPS) is 15.8. The number of tetrazole rings is 1. The summed E-state index contributed by atoms with van der Waals surface area (Å²) in [4.78, 5) is 4.81. The molecule has 1 aliphatic rings. The molecule has 1 saturated heterocycles. The summed E-state index contributed by atoms with van der Waals surface area (Å²) in [6.45, 7) is 6.47. The van der Waals surface area contributed by atoms with Gasteiger partial charge in [0.05, 0.1) is 12.8 Å². The molecule has 8 nitrogen and oxygen atoms in total. The highest BCUT2D eigenvalue weighted by Crippen LogP contribution is 2.34. The summed E-state index contributed by atoms with van der Waals surface area (Å²) in [6.07, 6.45) is 2.12. The molecular weight excluding hydrogens is 416 g/mol. The first-order valence-electron chi connectivity index (χ1n) is 11.6. The second kappa shape index (κ2) is 9.62. The predicted octanol–water partition coefficient (Wildman–Crippen LogP) is 4.14. The summed E-state index contributed by atoms with van der Waals surface area (Å²) in [5.41, 5.74) is 2.02. The largest absolute Gasteiger partial charge is 0.495 e. The number of para-hydroxylation sites is 3. The molecule has 2 aromatic heterocycles. The van der Waals surface area contributed by atoms with E-state index in [-0.39, 0.29) is 6.04 Å². The first-order valence-corrected chi connectivity index (χ1v) is 11.6. The number of unbranched alkanes of at least 4 members (excludes halogenated alkanes) is 1. The molecular formula is C25H30N6O2. The Kier molecular flexibility index (Phi) is 6.26. The minimum absolute atomic E-state index is 0.135. The Morgan fingerprint density at radius 3 is 2.61 bits per heavy atom. The Morgan fingerprint density at radius 1 is 1.03 bits per heavy atom. The van der Waals surface area contributed by atoms with Crippen LogP contribution in [-0.4, -0.2) is 58.4 Å². The van der Waals surface area contributed by atoms with Crippen LogP contribution in [0.4, 0.5) is 5.69 Å². The van der Waals surface area contributed by atoms with Crippen molar-refractivity contribution in [2.75, 3.05) is 38.2 Å². The summed E-state index contributed by atoms with van der Waals surface area (Å²) >= 11 is 0. The minimum atomic E-state index is -0.135. The molecule has 1 unspecified atom stereocenters. The van der Waals surface area contributed by atoms with Crippen molar-refractivity contribution in [2.24, 2.45) is 0 Å². The van der Waals surface area contributed by atoms with E-state index < -0.39 is 0 Å². The van der Waals surface area contributed by atoms with Crippen molar-refractivity contribution >= 4 is 16.7 Å². The summed E-state index contributed by atoms with van der Waals surface area (Å²) < 4.78 is 13.9. The van der Waals surface area contributed by atoms with Gasteiger partial charge in [0, 0.05) is 38.1 Å². The van der Waals surface area contributed by atoms with Crippen LogP contribution in [0.5, 0.6) is 5.75 Å². The van der Waals surface area contributed by atoms with E-state index in [4.69, 9.17) is 9.15 Å². The summed E-state index contributed by atoms with van der Waals surface area (Å²) in [7, 11) is 1.73. The van der Waals surface area contributed by atoms with Gasteiger partial charge >= 0.3 is 0 Å². The quantitative estimate of drug-likeness (QED) is 0.403. The topological polar surface area (TPSA) is 72.5 Å². The zero-order valence-corrected chi connectivity index (χ0v) is 19.2. The van der Waals surface area contributed by atoms with Crippen LogP contribution in [-0.2, 0) is 6.54 Å². The monoisotopic (exact) mass is 446 g/mol. The molecule has 0 N–H and O–H groups in total. The number of benzene rings is 2. The second-order valence-electron chi connectivity index (χ2n) is 8.40. The average molecular weight is 447 g/mol. The minimum Gasteiger partial charge on any atom is -0.495 e.